The molecule has 2 aromatic rings. The van der Waals surface area contributed by atoms with Crippen molar-refractivity contribution < 1.29 is 17.3 Å². The smallest absolute Gasteiger partial charge is 0.296 e. The molecular formula is C21H26O4S. The zero-order valence-corrected chi connectivity index (χ0v) is 16.0. The molecule has 1 aliphatic carbocycles. The van der Waals surface area contributed by atoms with E-state index in [1.165, 1.54) is 5.56 Å². The van der Waals surface area contributed by atoms with Crippen molar-refractivity contribution in [1.82, 2.24) is 0 Å². The number of ether oxygens (including phenoxy) is 1. The predicted octanol–water partition coefficient (Wildman–Crippen LogP) is 4.48. The van der Waals surface area contributed by atoms with Crippen LogP contribution in [0.4, 0.5) is 0 Å². The lowest BCUT2D eigenvalue weighted by molar-refractivity contribution is 0.00280. The minimum atomic E-state index is -3.67. The predicted molar refractivity (Wildman–Crippen MR) is 101 cm³/mol. The number of rotatable bonds is 7. The van der Waals surface area contributed by atoms with Crippen LogP contribution < -0.4 is 0 Å². The van der Waals surface area contributed by atoms with Crippen LogP contribution in [0.3, 0.4) is 0 Å². The van der Waals surface area contributed by atoms with E-state index >= 15 is 0 Å². The lowest BCUT2D eigenvalue weighted by Gasteiger charge is -2.28. The molecule has 0 N–H and O–H groups in total. The van der Waals surface area contributed by atoms with Crippen LogP contribution in [0.25, 0.3) is 0 Å². The van der Waals surface area contributed by atoms with Crippen LogP contribution in [-0.4, -0.2) is 21.1 Å². The van der Waals surface area contributed by atoms with Gasteiger partial charge in [0, 0.05) is 0 Å². The number of hydrogen-bond donors (Lipinski definition) is 0. The summed E-state index contributed by atoms with van der Waals surface area (Å²) in [4.78, 5) is 0.225. The largest absolute Gasteiger partial charge is 0.374 e. The Kier molecular flexibility index (Phi) is 6.46. The summed E-state index contributed by atoms with van der Waals surface area (Å²) in [5.74, 6) is 0.270. The fourth-order valence-corrected chi connectivity index (χ4v) is 4.19. The SMILES string of the molecule is Cc1ccc(S(=O)(=O)OCC2CCC(OCc3ccccc3)CC2)cc1. The van der Waals surface area contributed by atoms with Gasteiger partial charge < -0.3 is 4.74 Å². The van der Waals surface area contributed by atoms with Crippen molar-refractivity contribution in [2.75, 3.05) is 6.61 Å². The first kappa shape index (κ1) is 19.1. The second-order valence-corrected chi connectivity index (χ2v) is 8.61. The summed E-state index contributed by atoms with van der Waals surface area (Å²) in [7, 11) is -3.67. The van der Waals surface area contributed by atoms with Crippen molar-refractivity contribution in [3.05, 3.63) is 65.7 Å². The van der Waals surface area contributed by atoms with Crippen molar-refractivity contribution in [1.29, 1.82) is 0 Å². The summed E-state index contributed by atoms with van der Waals surface area (Å²) in [6.45, 7) is 2.81. The fraction of sp³-hybridized carbons (Fsp3) is 0.429. The molecule has 26 heavy (non-hydrogen) atoms. The molecule has 0 atom stereocenters. The monoisotopic (exact) mass is 374 g/mol. The van der Waals surface area contributed by atoms with Gasteiger partial charge in [-0.3, -0.25) is 4.18 Å². The average molecular weight is 375 g/mol. The molecule has 3 rings (SSSR count). The molecule has 0 unspecified atom stereocenters. The Morgan fingerprint density at radius 2 is 1.58 bits per heavy atom. The van der Waals surface area contributed by atoms with Crippen LogP contribution in [0.1, 0.15) is 36.8 Å². The summed E-state index contributed by atoms with van der Waals surface area (Å²) >= 11 is 0. The Morgan fingerprint density at radius 1 is 0.923 bits per heavy atom. The van der Waals surface area contributed by atoms with Crippen molar-refractivity contribution in [2.45, 2.75) is 50.2 Å². The summed E-state index contributed by atoms with van der Waals surface area (Å²) in [6.07, 6.45) is 4.02. The molecule has 140 valence electrons. The van der Waals surface area contributed by atoms with Gasteiger partial charge in [0.1, 0.15) is 0 Å². The lowest BCUT2D eigenvalue weighted by Crippen LogP contribution is -2.25. The molecule has 0 saturated heterocycles. The molecule has 1 saturated carbocycles. The highest BCUT2D eigenvalue weighted by Gasteiger charge is 2.24. The molecule has 1 aliphatic rings. The van der Waals surface area contributed by atoms with E-state index in [-0.39, 0.29) is 23.5 Å². The quantitative estimate of drug-likeness (QED) is 0.671. The maximum absolute atomic E-state index is 12.3. The van der Waals surface area contributed by atoms with Crippen LogP contribution in [0, 0.1) is 12.8 Å². The van der Waals surface area contributed by atoms with E-state index in [9.17, 15) is 8.42 Å². The number of aryl methyl sites for hydroxylation is 1. The van der Waals surface area contributed by atoms with Crippen LogP contribution in [0.15, 0.2) is 59.5 Å². The summed E-state index contributed by atoms with van der Waals surface area (Å²) in [6, 6.07) is 16.9. The molecular weight excluding hydrogens is 348 g/mol. The van der Waals surface area contributed by atoms with Gasteiger partial charge in [-0.1, -0.05) is 48.0 Å². The molecule has 4 nitrogen and oxygen atoms in total. The molecule has 0 aliphatic heterocycles. The second kappa shape index (κ2) is 8.80. The molecule has 0 spiro atoms. The fourth-order valence-electron chi connectivity index (χ4n) is 3.21. The van der Waals surface area contributed by atoms with Gasteiger partial charge in [0.25, 0.3) is 10.1 Å². The van der Waals surface area contributed by atoms with Gasteiger partial charge >= 0.3 is 0 Å². The van der Waals surface area contributed by atoms with Gasteiger partial charge in [0.15, 0.2) is 0 Å². The average Bonchev–Trinajstić information content (AvgIpc) is 2.67. The third-order valence-electron chi connectivity index (χ3n) is 4.89. The van der Waals surface area contributed by atoms with E-state index in [0.717, 1.165) is 31.2 Å². The first-order valence-electron chi connectivity index (χ1n) is 9.14. The van der Waals surface area contributed by atoms with Crippen LogP contribution in [-0.2, 0) is 25.6 Å². The normalized spacial score (nSPS) is 20.8. The highest BCUT2D eigenvalue weighted by Crippen LogP contribution is 2.28. The Labute approximate surface area is 156 Å². The van der Waals surface area contributed by atoms with Gasteiger partial charge in [0.05, 0.1) is 24.2 Å². The highest BCUT2D eigenvalue weighted by molar-refractivity contribution is 7.86. The summed E-state index contributed by atoms with van der Waals surface area (Å²) in [5.41, 5.74) is 2.21. The molecule has 0 bridgehead atoms. The van der Waals surface area contributed by atoms with E-state index in [1.54, 1.807) is 24.3 Å². The van der Waals surface area contributed by atoms with Crippen LogP contribution in [0.2, 0.25) is 0 Å². The summed E-state index contributed by atoms with van der Waals surface area (Å²) in [5, 5.41) is 0. The van der Waals surface area contributed by atoms with Gasteiger partial charge in [0.2, 0.25) is 0 Å². The van der Waals surface area contributed by atoms with Gasteiger partial charge in [-0.25, -0.2) is 0 Å². The van der Waals surface area contributed by atoms with E-state index in [4.69, 9.17) is 8.92 Å². The van der Waals surface area contributed by atoms with Gasteiger partial charge in [-0.15, -0.1) is 0 Å². The maximum atomic E-state index is 12.3. The molecule has 5 heteroatoms. The van der Waals surface area contributed by atoms with Crippen LogP contribution >= 0.6 is 0 Å². The van der Waals surface area contributed by atoms with Crippen molar-refractivity contribution in [3.63, 3.8) is 0 Å². The first-order chi connectivity index (χ1) is 12.5. The minimum Gasteiger partial charge on any atom is -0.374 e. The van der Waals surface area contributed by atoms with E-state index < -0.39 is 10.1 Å². The zero-order valence-electron chi connectivity index (χ0n) is 15.1. The summed E-state index contributed by atoms with van der Waals surface area (Å²) < 4.78 is 35.8. The van der Waals surface area contributed by atoms with Crippen molar-refractivity contribution >= 4 is 10.1 Å². The maximum Gasteiger partial charge on any atom is 0.296 e. The Bertz CT molecular complexity index is 777. The van der Waals surface area contributed by atoms with Gasteiger partial charge in [-0.05, 0) is 56.2 Å². The van der Waals surface area contributed by atoms with Crippen LogP contribution in [0.5, 0.6) is 0 Å². The van der Waals surface area contributed by atoms with Crippen molar-refractivity contribution in [2.24, 2.45) is 5.92 Å². The standard InChI is InChI=1S/C21H26O4S/c1-17-7-13-21(14-8-17)26(22,23)25-16-19-9-11-20(12-10-19)24-15-18-5-3-2-4-6-18/h2-8,13-14,19-20H,9-12,15-16H2,1H3. The molecule has 0 aromatic heterocycles. The minimum absolute atomic E-state index is 0.225. The number of hydrogen-bond acceptors (Lipinski definition) is 4. The highest BCUT2D eigenvalue weighted by atomic mass is 32.2. The Hall–Kier alpha value is -1.69. The lowest BCUT2D eigenvalue weighted by atomic mass is 9.88. The third-order valence-corrected chi connectivity index (χ3v) is 6.19. The topological polar surface area (TPSA) is 52.6 Å². The molecule has 1 fully saturated rings. The zero-order chi connectivity index (χ0) is 18.4. The molecule has 0 amide bonds. The van der Waals surface area contributed by atoms with E-state index in [0.29, 0.717) is 6.61 Å². The second-order valence-electron chi connectivity index (χ2n) is 6.99. The molecule has 0 heterocycles. The van der Waals surface area contributed by atoms with Gasteiger partial charge in [-0.2, -0.15) is 8.42 Å². The Balaban J connectivity index is 1.42. The third kappa shape index (κ3) is 5.40. The Morgan fingerprint density at radius 3 is 2.23 bits per heavy atom. The van der Waals surface area contributed by atoms with Crippen molar-refractivity contribution in [3.8, 4) is 0 Å². The number of benzene rings is 2. The molecule has 2 aromatic carbocycles. The van der Waals surface area contributed by atoms with E-state index in [1.807, 2.05) is 25.1 Å². The molecule has 0 radical (unpaired) electrons. The van der Waals surface area contributed by atoms with E-state index in [2.05, 4.69) is 12.1 Å². The first-order valence-corrected chi connectivity index (χ1v) is 10.6.